The molecule has 5 N–H and O–H groups in total. The van der Waals surface area contributed by atoms with Gasteiger partial charge in [-0.15, -0.1) is 0 Å². The van der Waals surface area contributed by atoms with Crippen molar-refractivity contribution in [3.05, 3.63) is 83.1 Å². The number of benzene rings is 4. The summed E-state index contributed by atoms with van der Waals surface area (Å²) >= 11 is 0. The van der Waals surface area contributed by atoms with Crippen LogP contribution in [0.2, 0.25) is 0 Å². The second-order valence-electron chi connectivity index (χ2n) is 9.51. The summed E-state index contributed by atoms with van der Waals surface area (Å²) in [7, 11) is 0. The van der Waals surface area contributed by atoms with Crippen LogP contribution in [0.4, 0.5) is 0 Å². The number of rotatable bonds is 4. The van der Waals surface area contributed by atoms with E-state index in [-0.39, 0.29) is 34.7 Å². The van der Waals surface area contributed by atoms with Crippen LogP contribution in [0.1, 0.15) is 30.9 Å². The fourth-order valence-electron chi connectivity index (χ4n) is 5.42. The molecule has 2 atom stereocenters. The van der Waals surface area contributed by atoms with Gasteiger partial charge in [0.05, 0.1) is 5.76 Å². The van der Waals surface area contributed by atoms with Crippen LogP contribution < -0.4 is 0 Å². The molecule has 1 aliphatic rings. The van der Waals surface area contributed by atoms with Gasteiger partial charge in [0.15, 0.2) is 0 Å². The highest BCUT2D eigenvalue weighted by molar-refractivity contribution is 5.94. The number of aromatic hydroxyl groups is 4. The van der Waals surface area contributed by atoms with Gasteiger partial charge in [-0.1, -0.05) is 55.5 Å². The van der Waals surface area contributed by atoms with Crippen molar-refractivity contribution in [2.45, 2.75) is 32.6 Å². The Labute approximate surface area is 197 Å². The van der Waals surface area contributed by atoms with Crippen molar-refractivity contribution in [2.75, 3.05) is 0 Å². The molecule has 0 saturated carbocycles. The molecule has 5 rings (SSSR count). The van der Waals surface area contributed by atoms with Crippen LogP contribution in [0, 0.1) is 11.8 Å². The quantitative estimate of drug-likeness (QED) is 0.227. The van der Waals surface area contributed by atoms with Gasteiger partial charge in [-0.05, 0) is 48.4 Å². The molecule has 0 radical (unpaired) electrons. The summed E-state index contributed by atoms with van der Waals surface area (Å²) in [6.07, 6.45) is 2.15. The van der Waals surface area contributed by atoms with E-state index in [1.54, 1.807) is 36.4 Å². The molecule has 4 aromatic carbocycles. The summed E-state index contributed by atoms with van der Waals surface area (Å²) in [6, 6.07) is 17.5. The third kappa shape index (κ3) is 3.77. The molecule has 4 aromatic rings. The Morgan fingerprint density at radius 3 is 1.79 bits per heavy atom. The zero-order valence-corrected chi connectivity index (χ0v) is 19.0. The zero-order chi connectivity index (χ0) is 24.0. The van der Waals surface area contributed by atoms with Crippen LogP contribution in [0.3, 0.4) is 0 Å². The van der Waals surface area contributed by atoms with Crippen LogP contribution in [-0.4, -0.2) is 25.5 Å². The lowest BCUT2D eigenvalue weighted by Crippen LogP contribution is -2.21. The average molecular weight is 457 g/mol. The maximum atomic E-state index is 11.2. The smallest absolute Gasteiger partial charge is 0.127 e. The normalized spacial score (nSPS) is 18.6. The lowest BCUT2D eigenvalue weighted by atomic mass is 9.77. The van der Waals surface area contributed by atoms with Gasteiger partial charge in [0, 0.05) is 39.4 Å². The van der Waals surface area contributed by atoms with Gasteiger partial charge in [0.2, 0.25) is 0 Å². The number of aliphatic hydroxyl groups excluding tert-OH is 1. The average Bonchev–Trinajstić information content (AvgIpc) is 2.83. The lowest BCUT2D eigenvalue weighted by molar-refractivity contribution is 0.256. The molecule has 0 bridgehead atoms. The highest BCUT2D eigenvalue weighted by atomic mass is 16.3. The van der Waals surface area contributed by atoms with Crippen LogP contribution in [0.15, 0.2) is 72.0 Å². The van der Waals surface area contributed by atoms with E-state index in [2.05, 4.69) is 6.92 Å². The van der Waals surface area contributed by atoms with Crippen molar-refractivity contribution in [1.29, 1.82) is 0 Å². The van der Waals surface area contributed by atoms with E-state index < -0.39 is 0 Å². The van der Waals surface area contributed by atoms with E-state index in [4.69, 9.17) is 0 Å². The van der Waals surface area contributed by atoms with E-state index in [1.165, 1.54) is 0 Å². The standard InChI is InChI=1S/C29H28O5/c1-16-10-17(12-19-14-25(30)21-6-2-4-8-23(21)28(19)33)27(32)18(11-16)13-20-15-26(31)22-7-3-5-9-24(22)29(20)34/h2-9,14-17,30-34H,10-13H2,1H3. The topological polar surface area (TPSA) is 101 Å². The van der Waals surface area contributed by atoms with Crippen molar-refractivity contribution >= 4 is 21.5 Å². The van der Waals surface area contributed by atoms with Crippen LogP contribution in [-0.2, 0) is 12.8 Å². The molecule has 34 heavy (non-hydrogen) atoms. The largest absolute Gasteiger partial charge is 0.512 e. The zero-order valence-electron chi connectivity index (χ0n) is 19.0. The molecule has 0 aromatic heterocycles. The van der Waals surface area contributed by atoms with Crippen LogP contribution in [0.5, 0.6) is 23.0 Å². The Hall–Kier alpha value is -3.86. The summed E-state index contributed by atoms with van der Waals surface area (Å²) in [4.78, 5) is 0. The molecule has 0 heterocycles. The Kier molecular flexibility index (Phi) is 5.48. The summed E-state index contributed by atoms with van der Waals surface area (Å²) in [6.45, 7) is 2.12. The first-order valence-corrected chi connectivity index (χ1v) is 11.6. The number of phenols is 4. The number of aliphatic hydroxyl groups is 1. The first-order chi connectivity index (χ1) is 16.3. The van der Waals surface area contributed by atoms with Crippen LogP contribution >= 0.6 is 0 Å². The molecular formula is C29H28O5. The maximum Gasteiger partial charge on any atom is 0.127 e. The summed E-state index contributed by atoms with van der Waals surface area (Å²) < 4.78 is 0. The van der Waals surface area contributed by atoms with Crippen LogP contribution in [0.25, 0.3) is 21.5 Å². The van der Waals surface area contributed by atoms with Gasteiger partial charge in [0.1, 0.15) is 23.0 Å². The maximum absolute atomic E-state index is 11.2. The van der Waals surface area contributed by atoms with Crippen molar-refractivity contribution in [3.8, 4) is 23.0 Å². The van der Waals surface area contributed by atoms with E-state index in [0.717, 1.165) is 12.0 Å². The Bertz CT molecular complexity index is 1440. The van der Waals surface area contributed by atoms with E-state index in [9.17, 15) is 25.5 Å². The Morgan fingerprint density at radius 2 is 1.21 bits per heavy atom. The van der Waals surface area contributed by atoms with Gasteiger partial charge in [0.25, 0.3) is 0 Å². The molecule has 2 unspecified atom stereocenters. The first-order valence-electron chi connectivity index (χ1n) is 11.6. The molecule has 5 nitrogen and oxygen atoms in total. The molecule has 0 aliphatic heterocycles. The Balaban J connectivity index is 1.50. The molecule has 0 spiro atoms. The molecule has 0 fully saturated rings. The highest BCUT2D eigenvalue weighted by Crippen LogP contribution is 2.43. The second kappa shape index (κ2) is 8.49. The molecule has 1 aliphatic carbocycles. The minimum absolute atomic E-state index is 0.0976. The predicted octanol–water partition coefficient (Wildman–Crippen LogP) is 6.46. The van der Waals surface area contributed by atoms with Crippen molar-refractivity contribution in [3.63, 3.8) is 0 Å². The van der Waals surface area contributed by atoms with Crippen molar-refractivity contribution in [1.82, 2.24) is 0 Å². The highest BCUT2D eigenvalue weighted by Gasteiger charge is 2.29. The minimum Gasteiger partial charge on any atom is -0.512 e. The fourth-order valence-corrected chi connectivity index (χ4v) is 5.42. The summed E-state index contributed by atoms with van der Waals surface area (Å²) in [5.41, 5.74) is 1.97. The third-order valence-corrected chi connectivity index (χ3v) is 7.05. The molecule has 5 heteroatoms. The number of phenolic OH excluding ortho intramolecular Hbond substituents is 4. The van der Waals surface area contributed by atoms with Gasteiger partial charge >= 0.3 is 0 Å². The predicted molar refractivity (Wildman–Crippen MR) is 134 cm³/mol. The van der Waals surface area contributed by atoms with Crippen molar-refractivity contribution in [2.24, 2.45) is 11.8 Å². The number of allylic oxidation sites excluding steroid dienone is 2. The summed E-state index contributed by atoms with van der Waals surface area (Å²) in [5, 5.41) is 56.2. The van der Waals surface area contributed by atoms with Gasteiger partial charge in [-0.3, -0.25) is 0 Å². The number of hydrogen-bond acceptors (Lipinski definition) is 5. The van der Waals surface area contributed by atoms with E-state index in [0.29, 0.717) is 57.9 Å². The van der Waals surface area contributed by atoms with Gasteiger partial charge in [-0.2, -0.15) is 0 Å². The van der Waals surface area contributed by atoms with E-state index in [1.807, 2.05) is 24.3 Å². The van der Waals surface area contributed by atoms with E-state index >= 15 is 0 Å². The molecule has 174 valence electrons. The lowest BCUT2D eigenvalue weighted by Gasteiger charge is -2.30. The Morgan fingerprint density at radius 1 is 0.706 bits per heavy atom. The second-order valence-corrected chi connectivity index (χ2v) is 9.51. The summed E-state index contributed by atoms with van der Waals surface area (Å²) in [5.74, 6) is 0.772. The van der Waals surface area contributed by atoms with Gasteiger partial charge < -0.3 is 25.5 Å². The molecule has 0 saturated heterocycles. The monoisotopic (exact) mass is 456 g/mol. The molecule has 0 amide bonds. The third-order valence-electron chi connectivity index (χ3n) is 7.05. The SMILES string of the molecule is CC1CC(Cc2cc(O)c3ccccc3c2O)=C(O)C(Cc2cc(O)c3ccccc3c2O)C1. The minimum atomic E-state index is -0.221. The number of hydrogen-bond donors (Lipinski definition) is 5. The van der Waals surface area contributed by atoms with Crippen molar-refractivity contribution < 1.29 is 25.5 Å². The fraction of sp³-hybridized carbons (Fsp3) is 0.241. The number of fused-ring (bicyclic) bond motifs is 2. The molecular weight excluding hydrogens is 428 g/mol. The van der Waals surface area contributed by atoms with Gasteiger partial charge in [-0.25, -0.2) is 0 Å². The first kappa shape index (κ1) is 22.0.